The van der Waals surface area contributed by atoms with E-state index in [-0.39, 0.29) is 22.4 Å². The second-order valence-electron chi connectivity index (χ2n) is 5.67. The van der Waals surface area contributed by atoms with Gasteiger partial charge in [-0.1, -0.05) is 12.1 Å². The molecule has 1 aromatic rings. The van der Waals surface area contributed by atoms with Crippen molar-refractivity contribution < 1.29 is 13.2 Å². The number of rotatable bonds is 5. The van der Waals surface area contributed by atoms with Crippen LogP contribution < -0.4 is 5.14 Å². The van der Waals surface area contributed by atoms with Gasteiger partial charge in [0.1, 0.15) is 0 Å². The van der Waals surface area contributed by atoms with Crippen molar-refractivity contribution in [2.45, 2.75) is 36.6 Å². The summed E-state index contributed by atoms with van der Waals surface area (Å²) in [4.78, 5) is 14.4. The van der Waals surface area contributed by atoms with Crippen LogP contribution in [0.25, 0.3) is 0 Å². The molecule has 0 atom stereocenters. The molecular formula is C14H18N2O3S. The highest BCUT2D eigenvalue weighted by Crippen LogP contribution is 2.36. The normalized spacial score (nSPS) is 18.9. The number of carbonyl (C=O) groups excluding carboxylic acids is 1. The van der Waals surface area contributed by atoms with Crippen LogP contribution >= 0.6 is 0 Å². The lowest BCUT2D eigenvalue weighted by atomic mass is 10.2. The first-order valence-electron chi connectivity index (χ1n) is 6.89. The summed E-state index contributed by atoms with van der Waals surface area (Å²) in [6.07, 6.45) is 4.34. The van der Waals surface area contributed by atoms with Crippen LogP contribution in [0.3, 0.4) is 0 Å². The third-order valence-electron chi connectivity index (χ3n) is 3.82. The van der Waals surface area contributed by atoms with Gasteiger partial charge in [-0.05, 0) is 43.7 Å². The third-order valence-corrected chi connectivity index (χ3v) is 4.79. The van der Waals surface area contributed by atoms with E-state index < -0.39 is 10.0 Å². The summed E-state index contributed by atoms with van der Waals surface area (Å²) in [5.41, 5.74) is 0.197. The minimum Gasteiger partial charge on any atom is -0.335 e. The standard InChI is InChI=1S/C14H18N2O3S/c15-20(18,19)13-4-2-1-3-12(13)14(17)16(11-7-8-11)9-10-5-6-10/h1-4,10-11H,5-9H2,(H2,15,18,19). The van der Waals surface area contributed by atoms with Gasteiger partial charge in [-0.25, -0.2) is 13.6 Å². The second kappa shape index (κ2) is 4.86. The molecule has 0 unspecified atom stereocenters. The fourth-order valence-corrected chi connectivity index (χ4v) is 3.14. The molecular weight excluding hydrogens is 276 g/mol. The molecule has 2 aliphatic rings. The zero-order valence-electron chi connectivity index (χ0n) is 11.2. The molecule has 1 aromatic carbocycles. The highest BCUT2D eigenvalue weighted by molar-refractivity contribution is 7.89. The van der Waals surface area contributed by atoms with Gasteiger partial charge in [0.05, 0.1) is 10.5 Å². The van der Waals surface area contributed by atoms with Crippen LogP contribution in [0.4, 0.5) is 0 Å². The highest BCUT2D eigenvalue weighted by atomic mass is 32.2. The minimum atomic E-state index is -3.88. The smallest absolute Gasteiger partial charge is 0.255 e. The van der Waals surface area contributed by atoms with Crippen LogP contribution in [-0.2, 0) is 10.0 Å². The first-order valence-corrected chi connectivity index (χ1v) is 8.44. The number of sulfonamides is 1. The maximum Gasteiger partial charge on any atom is 0.255 e. The lowest BCUT2D eigenvalue weighted by molar-refractivity contribution is 0.0731. The maximum absolute atomic E-state index is 12.7. The van der Waals surface area contributed by atoms with Crippen molar-refractivity contribution in [1.29, 1.82) is 0 Å². The van der Waals surface area contributed by atoms with Crippen molar-refractivity contribution in [2.24, 2.45) is 11.1 Å². The molecule has 2 fully saturated rings. The third kappa shape index (κ3) is 2.86. The number of hydrogen-bond acceptors (Lipinski definition) is 3. The number of primary sulfonamides is 1. The largest absolute Gasteiger partial charge is 0.335 e. The topological polar surface area (TPSA) is 80.5 Å². The van der Waals surface area contributed by atoms with E-state index in [0.29, 0.717) is 5.92 Å². The Balaban J connectivity index is 1.92. The van der Waals surface area contributed by atoms with Crippen LogP contribution in [-0.4, -0.2) is 31.8 Å². The van der Waals surface area contributed by atoms with Gasteiger partial charge in [0.2, 0.25) is 10.0 Å². The molecule has 20 heavy (non-hydrogen) atoms. The Kier molecular flexibility index (Phi) is 3.30. The van der Waals surface area contributed by atoms with Crippen molar-refractivity contribution in [1.82, 2.24) is 4.90 Å². The van der Waals surface area contributed by atoms with E-state index in [9.17, 15) is 13.2 Å². The SMILES string of the molecule is NS(=O)(=O)c1ccccc1C(=O)N(CC1CC1)C1CC1. The molecule has 108 valence electrons. The van der Waals surface area contributed by atoms with Gasteiger partial charge >= 0.3 is 0 Å². The first-order chi connectivity index (χ1) is 9.47. The second-order valence-corrected chi connectivity index (χ2v) is 7.20. The van der Waals surface area contributed by atoms with E-state index in [4.69, 9.17) is 5.14 Å². The molecule has 5 nitrogen and oxygen atoms in total. The lowest BCUT2D eigenvalue weighted by Gasteiger charge is -2.23. The number of benzene rings is 1. The summed E-state index contributed by atoms with van der Waals surface area (Å²) in [5, 5.41) is 5.20. The molecule has 0 spiro atoms. The Morgan fingerprint density at radius 3 is 2.40 bits per heavy atom. The molecule has 2 aliphatic carbocycles. The molecule has 2 saturated carbocycles. The Bertz CT molecular complexity index is 634. The summed E-state index contributed by atoms with van der Waals surface area (Å²) in [7, 11) is -3.88. The van der Waals surface area contributed by atoms with E-state index >= 15 is 0 Å². The average molecular weight is 294 g/mol. The quantitative estimate of drug-likeness (QED) is 0.890. The number of nitrogens with zero attached hydrogens (tertiary/aromatic N) is 1. The number of nitrogens with two attached hydrogens (primary N) is 1. The average Bonchev–Trinajstić information content (AvgIpc) is 3.26. The van der Waals surface area contributed by atoms with E-state index in [2.05, 4.69) is 0 Å². The van der Waals surface area contributed by atoms with Crippen molar-refractivity contribution in [3.63, 3.8) is 0 Å². The predicted octanol–water partition coefficient (Wildman–Crippen LogP) is 1.35. The van der Waals surface area contributed by atoms with Crippen molar-refractivity contribution in [3.8, 4) is 0 Å². The summed E-state index contributed by atoms with van der Waals surface area (Å²) in [6.45, 7) is 0.739. The summed E-state index contributed by atoms with van der Waals surface area (Å²) in [6, 6.07) is 6.47. The van der Waals surface area contributed by atoms with E-state index in [1.54, 1.807) is 18.2 Å². The Morgan fingerprint density at radius 1 is 1.20 bits per heavy atom. The zero-order valence-corrected chi connectivity index (χ0v) is 12.0. The van der Waals surface area contributed by atoms with Gasteiger partial charge in [0.15, 0.2) is 0 Å². The molecule has 0 aliphatic heterocycles. The number of amides is 1. The molecule has 0 heterocycles. The molecule has 0 bridgehead atoms. The Morgan fingerprint density at radius 2 is 1.85 bits per heavy atom. The Labute approximate surface area is 118 Å². The molecule has 0 radical (unpaired) electrons. The van der Waals surface area contributed by atoms with Crippen LogP contribution in [0.1, 0.15) is 36.0 Å². The minimum absolute atomic E-state index is 0.0774. The molecule has 0 saturated heterocycles. The van der Waals surface area contributed by atoms with E-state index in [1.165, 1.54) is 6.07 Å². The van der Waals surface area contributed by atoms with Gasteiger partial charge in [-0.15, -0.1) is 0 Å². The fourth-order valence-electron chi connectivity index (χ4n) is 2.41. The van der Waals surface area contributed by atoms with Gasteiger partial charge in [-0.2, -0.15) is 0 Å². The Hall–Kier alpha value is -1.40. The molecule has 1 amide bonds. The van der Waals surface area contributed by atoms with Crippen molar-refractivity contribution in [3.05, 3.63) is 29.8 Å². The van der Waals surface area contributed by atoms with Crippen LogP contribution in [0.15, 0.2) is 29.2 Å². The molecule has 6 heteroatoms. The first kappa shape index (κ1) is 13.6. The van der Waals surface area contributed by atoms with Crippen molar-refractivity contribution >= 4 is 15.9 Å². The van der Waals surface area contributed by atoms with Gasteiger partial charge < -0.3 is 4.90 Å². The zero-order chi connectivity index (χ0) is 14.3. The molecule has 3 rings (SSSR count). The van der Waals surface area contributed by atoms with Crippen molar-refractivity contribution in [2.75, 3.05) is 6.54 Å². The predicted molar refractivity (Wildman–Crippen MR) is 74.6 cm³/mol. The number of hydrogen-bond donors (Lipinski definition) is 1. The van der Waals surface area contributed by atoms with Gasteiger partial charge in [0.25, 0.3) is 5.91 Å². The highest BCUT2D eigenvalue weighted by Gasteiger charge is 2.37. The summed E-state index contributed by atoms with van der Waals surface area (Å²) < 4.78 is 23.2. The van der Waals surface area contributed by atoms with Crippen LogP contribution in [0.2, 0.25) is 0 Å². The summed E-state index contributed by atoms with van der Waals surface area (Å²) >= 11 is 0. The van der Waals surface area contributed by atoms with Crippen LogP contribution in [0.5, 0.6) is 0 Å². The number of carbonyl (C=O) groups is 1. The van der Waals surface area contributed by atoms with Gasteiger partial charge in [-0.3, -0.25) is 4.79 Å². The van der Waals surface area contributed by atoms with E-state index in [1.807, 2.05) is 4.90 Å². The molecule has 0 aromatic heterocycles. The van der Waals surface area contributed by atoms with Crippen LogP contribution in [0, 0.1) is 5.92 Å². The lowest BCUT2D eigenvalue weighted by Crippen LogP contribution is -2.36. The molecule has 2 N–H and O–H groups in total. The fraction of sp³-hybridized carbons (Fsp3) is 0.500. The van der Waals surface area contributed by atoms with E-state index in [0.717, 1.165) is 32.2 Å². The maximum atomic E-state index is 12.7. The summed E-state index contributed by atoms with van der Waals surface area (Å²) in [5.74, 6) is 0.380. The van der Waals surface area contributed by atoms with Gasteiger partial charge in [0, 0.05) is 12.6 Å². The monoisotopic (exact) mass is 294 g/mol.